The Balaban J connectivity index is 1.38. The van der Waals surface area contributed by atoms with Crippen molar-refractivity contribution in [1.29, 1.82) is 0 Å². The van der Waals surface area contributed by atoms with Crippen molar-refractivity contribution in [2.45, 2.75) is 25.3 Å². The molecule has 0 bridgehead atoms. The van der Waals surface area contributed by atoms with Crippen molar-refractivity contribution in [3.05, 3.63) is 69.0 Å². The molecule has 0 saturated carbocycles. The van der Waals surface area contributed by atoms with Gasteiger partial charge in [0.15, 0.2) is 0 Å². The minimum absolute atomic E-state index is 0.381. The van der Waals surface area contributed by atoms with Crippen LogP contribution in [0.3, 0.4) is 0 Å². The smallest absolute Gasteiger partial charge is 0.243 e. The Kier molecular flexibility index (Phi) is 6.27. The van der Waals surface area contributed by atoms with Gasteiger partial charge in [0.1, 0.15) is 5.01 Å². The SMILES string of the molecule is Cc1ccc(S(=O)(=O)N2CCN(Cc3nc(-c4ccc(Cl)cc4)cs3)CC2)cc1C. The number of halogens is 1. The first-order valence-corrected chi connectivity index (χ1v) is 12.5. The third-order valence-electron chi connectivity index (χ3n) is 5.50. The topological polar surface area (TPSA) is 53.5 Å². The van der Waals surface area contributed by atoms with Crippen molar-refractivity contribution < 1.29 is 8.42 Å². The summed E-state index contributed by atoms with van der Waals surface area (Å²) in [5, 5.41) is 3.80. The molecule has 1 saturated heterocycles. The van der Waals surface area contributed by atoms with Crippen molar-refractivity contribution in [1.82, 2.24) is 14.2 Å². The Hall–Kier alpha value is -1.77. The number of hydrogen-bond acceptors (Lipinski definition) is 5. The van der Waals surface area contributed by atoms with E-state index in [4.69, 9.17) is 16.6 Å². The molecule has 1 aromatic heterocycles. The number of thiazole rings is 1. The minimum Gasteiger partial charge on any atom is -0.294 e. The number of piperazine rings is 1. The van der Waals surface area contributed by atoms with Gasteiger partial charge >= 0.3 is 0 Å². The van der Waals surface area contributed by atoms with Crippen LogP contribution in [0.5, 0.6) is 0 Å². The molecular weight excluding hydrogens is 438 g/mol. The molecule has 158 valence electrons. The average Bonchev–Trinajstić information content (AvgIpc) is 3.19. The summed E-state index contributed by atoms with van der Waals surface area (Å²) in [6.45, 7) is 7.03. The molecule has 0 radical (unpaired) electrons. The summed E-state index contributed by atoms with van der Waals surface area (Å²) >= 11 is 7.59. The lowest BCUT2D eigenvalue weighted by atomic mass is 10.1. The first kappa shape index (κ1) is 21.5. The summed E-state index contributed by atoms with van der Waals surface area (Å²) in [6.07, 6.45) is 0. The van der Waals surface area contributed by atoms with Gasteiger partial charge in [-0.15, -0.1) is 11.3 Å². The Labute approximate surface area is 187 Å². The third-order valence-corrected chi connectivity index (χ3v) is 8.48. The second-order valence-corrected chi connectivity index (χ2v) is 10.9. The van der Waals surface area contributed by atoms with Gasteiger partial charge in [0.25, 0.3) is 0 Å². The van der Waals surface area contributed by atoms with E-state index in [-0.39, 0.29) is 0 Å². The number of aromatic nitrogens is 1. The average molecular weight is 462 g/mol. The van der Waals surface area contributed by atoms with Crippen LogP contribution in [0.15, 0.2) is 52.7 Å². The van der Waals surface area contributed by atoms with Crippen molar-refractivity contribution in [2.24, 2.45) is 0 Å². The van der Waals surface area contributed by atoms with Crippen molar-refractivity contribution in [3.63, 3.8) is 0 Å². The Morgan fingerprint density at radius 3 is 2.37 bits per heavy atom. The lowest BCUT2D eigenvalue weighted by Crippen LogP contribution is -2.48. The summed E-state index contributed by atoms with van der Waals surface area (Å²) in [6, 6.07) is 13.0. The monoisotopic (exact) mass is 461 g/mol. The van der Waals surface area contributed by atoms with Crippen LogP contribution in [0.1, 0.15) is 16.1 Å². The molecule has 0 unspecified atom stereocenters. The largest absolute Gasteiger partial charge is 0.294 e. The molecule has 1 fully saturated rings. The maximum absolute atomic E-state index is 13.0. The molecule has 30 heavy (non-hydrogen) atoms. The number of rotatable bonds is 5. The summed E-state index contributed by atoms with van der Waals surface area (Å²) in [5.74, 6) is 0. The number of nitrogens with zero attached hydrogens (tertiary/aromatic N) is 3. The number of benzene rings is 2. The van der Waals surface area contributed by atoms with Crippen LogP contribution >= 0.6 is 22.9 Å². The summed E-state index contributed by atoms with van der Waals surface area (Å²) in [4.78, 5) is 7.38. The van der Waals surface area contributed by atoms with Crippen LogP contribution in [0.4, 0.5) is 0 Å². The van der Waals surface area contributed by atoms with Gasteiger partial charge in [-0.05, 0) is 49.2 Å². The molecule has 0 amide bonds. The fourth-order valence-electron chi connectivity index (χ4n) is 3.48. The molecule has 8 heteroatoms. The fraction of sp³-hybridized carbons (Fsp3) is 0.318. The van der Waals surface area contributed by atoms with Crippen LogP contribution in [0, 0.1) is 13.8 Å². The van der Waals surface area contributed by atoms with Crippen molar-refractivity contribution in [2.75, 3.05) is 26.2 Å². The normalized spacial score (nSPS) is 16.1. The summed E-state index contributed by atoms with van der Waals surface area (Å²) in [7, 11) is -3.45. The summed E-state index contributed by atoms with van der Waals surface area (Å²) in [5.41, 5.74) is 4.09. The third kappa shape index (κ3) is 4.60. The highest BCUT2D eigenvalue weighted by Gasteiger charge is 2.29. The fourth-order valence-corrected chi connectivity index (χ4v) is 5.96. The second kappa shape index (κ2) is 8.77. The molecule has 3 aromatic rings. The van der Waals surface area contributed by atoms with E-state index in [0.717, 1.165) is 33.9 Å². The molecule has 1 aliphatic rings. The number of aryl methyl sites for hydroxylation is 2. The van der Waals surface area contributed by atoms with Crippen LogP contribution < -0.4 is 0 Å². The van der Waals surface area contributed by atoms with E-state index >= 15 is 0 Å². The molecule has 0 N–H and O–H groups in total. The van der Waals surface area contributed by atoms with Gasteiger partial charge in [0, 0.05) is 42.1 Å². The Morgan fingerprint density at radius 2 is 1.70 bits per heavy atom. The number of sulfonamides is 1. The molecule has 0 atom stereocenters. The zero-order chi connectivity index (χ0) is 21.3. The van der Waals surface area contributed by atoms with Gasteiger partial charge in [-0.25, -0.2) is 13.4 Å². The second-order valence-electron chi connectivity index (χ2n) is 7.56. The van der Waals surface area contributed by atoms with Gasteiger partial charge in [-0.2, -0.15) is 4.31 Å². The highest BCUT2D eigenvalue weighted by atomic mass is 35.5. The van der Waals surface area contributed by atoms with E-state index in [0.29, 0.717) is 36.1 Å². The molecular formula is C22H24ClN3O2S2. The van der Waals surface area contributed by atoms with Gasteiger partial charge in [0.2, 0.25) is 10.0 Å². The van der Waals surface area contributed by atoms with E-state index in [2.05, 4.69) is 10.3 Å². The van der Waals surface area contributed by atoms with Gasteiger partial charge in [-0.1, -0.05) is 29.8 Å². The highest BCUT2D eigenvalue weighted by Crippen LogP contribution is 2.25. The van der Waals surface area contributed by atoms with E-state index in [1.165, 1.54) is 0 Å². The van der Waals surface area contributed by atoms with Crippen molar-refractivity contribution in [3.8, 4) is 11.3 Å². The van der Waals surface area contributed by atoms with Crippen molar-refractivity contribution >= 4 is 33.0 Å². The van der Waals surface area contributed by atoms with Gasteiger partial charge < -0.3 is 0 Å². The lowest BCUT2D eigenvalue weighted by Gasteiger charge is -2.33. The molecule has 2 heterocycles. The van der Waals surface area contributed by atoms with Gasteiger partial charge in [-0.3, -0.25) is 4.90 Å². The first-order chi connectivity index (χ1) is 14.3. The molecule has 0 aliphatic carbocycles. The van der Waals surface area contributed by atoms with Crippen LogP contribution in [0.2, 0.25) is 5.02 Å². The molecule has 0 spiro atoms. The summed E-state index contributed by atoms with van der Waals surface area (Å²) < 4.78 is 27.6. The first-order valence-electron chi connectivity index (χ1n) is 9.83. The van der Waals surface area contributed by atoms with E-state index in [1.807, 2.05) is 44.2 Å². The van der Waals surface area contributed by atoms with E-state index in [1.54, 1.807) is 27.8 Å². The molecule has 2 aromatic carbocycles. The maximum atomic E-state index is 13.0. The van der Waals surface area contributed by atoms with Crippen LogP contribution in [-0.4, -0.2) is 48.8 Å². The number of hydrogen-bond donors (Lipinski definition) is 0. The van der Waals surface area contributed by atoms with Gasteiger partial charge in [0.05, 0.1) is 17.1 Å². The van der Waals surface area contributed by atoms with Crippen LogP contribution in [0.25, 0.3) is 11.3 Å². The molecule has 5 nitrogen and oxygen atoms in total. The predicted molar refractivity (Wildman–Crippen MR) is 123 cm³/mol. The zero-order valence-electron chi connectivity index (χ0n) is 17.0. The molecule has 1 aliphatic heterocycles. The zero-order valence-corrected chi connectivity index (χ0v) is 19.4. The molecule has 4 rings (SSSR count). The van der Waals surface area contributed by atoms with E-state index < -0.39 is 10.0 Å². The van der Waals surface area contributed by atoms with Crippen LogP contribution in [-0.2, 0) is 16.6 Å². The minimum atomic E-state index is -3.45. The maximum Gasteiger partial charge on any atom is 0.243 e. The Bertz CT molecular complexity index is 1140. The standard InChI is InChI=1S/C22H24ClN3O2S2/c1-16-3-8-20(13-17(16)2)30(27,28)26-11-9-25(10-12-26)14-22-24-21(15-29-22)18-4-6-19(23)7-5-18/h3-8,13,15H,9-12,14H2,1-2H3. The Morgan fingerprint density at radius 1 is 1.00 bits per heavy atom. The highest BCUT2D eigenvalue weighted by molar-refractivity contribution is 7.89. The predicted octanol–water partition coefficient (Wildman–Crippen LogP) is 4.59. The quantitative estimate of drug-likeness (QED) is 0.557. The van der Waals surface area contributed by atoms with E-state index in [9.17, 15) is 8.42 Å². The lowest BCUT2D eigenvalue weighted by molar-refractivity contribution is 0.181.